The Kier molecular flexibility index (Phi) is 30.5. The highest BCUT2D eigenvalue weighted by atomic mass is 79.9. The molecule has 4 aromatic carbocycles. The lowest BCUT2D eigenvalue weighted by Crippen LogP contribution is -2.32. The lowest BCUT2D eigenvalue weighted by Gasteiger charge is -2.25. The zero-order valence-electron chi connectivity index (χ0n) is 44.2. The molecule has 404 valence electrons. The lowest BCUT2D eigenvalue weighted by atomic mass is 10.0. The van der Waals surface area contributed by atoms with Crippen molar-refractivity contribution in [3.8, 4) is 0 Å². The first kappa shape index (κ1) is 61.5. The minimum Gasteiger partial charge on any atom is -0.312 e. The van der Waals surface area contributed by atoms with E-state index in [4.69, 9.17) is 0 Å². The van der Waals surface area contributed by atoms with Gasteiger partial charge >= 0.3 is 0 Å². The van der Waals surface area contributed by atoms with Crippen molar-refractivity contribution in [1.29, 1.82) is 0 Å². The molecule has 4 amide bonds. The number of hydrogen-bond donors (Lipinski definition) is 0. The predicted octanol–water partition coefficient (Wildman–Crippen LogP) is 16.9. The second-order valence-electron chi connectivity index (χ2n) is 20.0. The summed E-state index contributed by atoms with van der Waals surface area (Å²) in [5.74, 6) is 0.707. The fourth-order valence-corrected chi connectivity index (χ4v) is 11.3. The molecule has 0 spiro atoms. The Bertz CT molecular complexity index is 1900. The maximum Gasteiger partial charge on any atom is 0.226 e. The van der Waals surface area contributed by atoms with Gasteiger partial charge in [0.1, 0.15) is 0 Å². The summed E-state index contributed by atoms with van der Waals surface area (Å²) in [7, 11) is 0. The molecular formula is C62H84Br4N4O4. The summed E-state index contributed by atoms with van der Waals surface area (Å²) in [5, 5.41) is 3.81. The van der Waals surface area contributed by atoms with Crippen LogP contribution >= 0.6 is 63.7 Å². The zero-order chi connectivity index (χ0) is 52.6. The van der Waals surface area contributed by atoms with Crippen molar-refractivity contribution in [2.45, 2.75) is 167 Å². The molecule has 7 aliphatic heterocycles. The van der Waals surface area contributed by atoms with Crippen molar-refractivity contribution >= 4 is 110 Å². The normalized spacial score (nSPS) is 14.6. The van der Waals surface area contributed by atoms with Crippen molar-refractivity contribution in [2.24, 2.45) is 0 Å². The number of carbonyl (C=O) groups is 4. The molecule has 0 saturated carbocycles. The Hall–Kier alpha value is -3.32. The fraction of sp³-hybridized carbons (Fsp3) is 0.548. The average molecular weight is 1270 g/mol. The minimum absolute atomic E-state index is 0.177. The molecule has 12 heteroatoms. The molecule has 0 fully saturated rings. The SMILES string of the molecule is O=C(CCCCCBr)N1CCCCCCN(C(=O)CCCCCBr)c2ccc(cc2)Cc2ccc(cc2)N(C(=O)CCCCCBr)CCCCCCN(C(=O)CCCCCBr)c2ccc(cc2)Cc2ccc1cc2. The van der Waals surface area contributed by atoms with Crippen LogP contribution in [0.25, 0.3) is 0 Å². The van der Waals surface area contributed by atoms with Gasteiger partial charge in [-0.05, 0) is 161 Å². The second-order valence-corrected chi connectivity index (χ2v) is 23.2. The number of rotatable bonds is 20. The van der Waals surface area contributed by atoms with Crippen molar-refractivity contribution < 1.29 is 19.2 Å². The largest absolute Gasteiger partial charge is 0.312 e. The van der Waals surface area contributed by atoms with E-state index in [1.807, 2.05) is 19.6 Å². The number of nitrogens with zero attached hydrogens (tertiary/aromatic N) is 4. The van der Waals surface area contributed by atoms with Crippen LogP contribution in [0, 0.1) is 0 Å². The summed E-state index contributed by atoms with van der Waals surface area (Å²) in [6.45, 7) is 2.66. The van der Waals surface area contributed by atoms with Crippen molar-refractivity contribution in [3.63, 3.8) is 0 Å². The number of alkyl halides is 4. The Morgan fingerprint density at radius 3 is 0.676 bits per heavy atom. The van der Waals surface area contributed by atoms with Gasteiger partial charge in [-0.25, -0.2) is 0 Å². The highest BCUT2D eigenvalue weighted by molar-refractivity contribution is 9.09. The van der Waals surface area contributed by atoms with E-state index in [0.29, 0.717) is 51.9 Å². The van der Waals surface area contributed by atoms with E-state index in [0.717, 1.165) is 185 Å². The molecule has 0 aliphatic carbocycles. The number of carbonyl (C=O) groups excluding carboxylic acids is 4. The van der Waals surface area contributed by atoms with E-state index in [1.54, 1.807) is 0 Å². The van der Waals surface area contributed by atoms with Gasteiger partial charge in [0.25, 0.3) is 0 Å². The van der Waals surface area contributed by atoms with Crippen LogP contribution in [0.15, 0.2) is 97.1 Å². The third-order valence-electron chi connectivity index (χ3n) is 14.1. The van der Waals surface area contributed by atoms with E-state index in [1.165, 1.54) is 22.3 Å². The minimum atomic E-state index is 0.177. The smallest absolute Gasteiger partial charge is 0.226 e. The lowest BCUT2D eigenvalue weighted by molar-refractivity contribution is -0.119. The molecule has 4 aromatic rings. The topological polar surface area (TPSA) is 81.2 Å². The summed E-state index contributed by atoms with van der Waals surface area (Å²) >= 11 is 14.2. The van der Waals surface area contributed by atoms with E-state index < -0.39 is 0 Å². The van der Waals surface area contributed by atoms with E-state index in [2.05, 4.69) is 161 Å². The van der Waals surface area contributed by atoms with Gasteiger partial charge in [0.15, 0.2) is 0 Å². The summed E-state index contributed by atoms with van der Waals surface area (Å²) in [5.41, 5.74) is 8.46. The Morgan fingerprint density at radius 2 is 0.486 bits per heavy atom. The quantitative estimate of drug-likeness (QED) is 0.0652. The number of amides is 4. The third kappa shape index (κ3) is 22.3. The molecular weight excluding hydrogens is 1180 g/mol. The monoisotopic (exact) mass is 1260 g/mol. The first-order valence-corrected chi connectivity index (χ1v) is 32.5. The molecule has 0 unspecified atom stereocenters. The van der Waals surface area contributed by atoms with Crippen LogP contribution < -0.4 is 19.6 Å². The molecule has 0 atom stereocenters. The summed E-state index contributed by atoms with van der Waals surface area (Å²) in [4.78, 5) is 63.2. The van der Waals surface area contributed by atoms with Gasteiger partial charge in [0, 0.05) is 95.9 Å². The number of anilines is 4. The van der Waals surface area contributed by atoms with Crippen LogP contribution in [0.2, 0.25) is 0 Å². The van der Waals surface area contributed by atoms with Gasteiger partial charge in [-0.2, -0.15) is 0 Å². The molecule has 8 nitrogen and oxygen atoms in total. The van der Waals surface area contributed by atoms with Crippen LogP contribution in [0.4, 0.5) is 22.7 Å². The first-order valence-electron chi connectivity index (χ1n) is 28.1. The van der Waals surface area contributed by atoms with Crippen molar-refractivity contribution in [3.05, 3.63) is 119 Å². The standard InChI is InChI=1S/C62H84Br4N4O4/c63-41-13-5-9-21-59(71)67-45-17-1-2-18-46-68(60(72)22-10-6-14-42-64)56-35-27-52(28-36-56)50-54-31-39-58(40-32-54)70(62(74)24-12-8-16-44-66)48-20-4-3-19-47-69(61(73)23-11-7-15-43-65)57-37-29-53(30-38-57)49-51-25-33-55(67)34-26-51/h25-40H,1-24,41-50H2. The van der Waals surface area contributed by atoms with Gasteiger partial charge in [-0.1, -0.05) is 164 Å². The van der Waals surface area contributed by atoms with Crippen LogP contribution in [-0.4, -0.2) is 71.1 Å². The molecule has 7 heterocycles. The molecule has 11 rings (SSSR count). The van der Waals surface area contributed by atoms with Crippen LogP contribution in [0.3, 0.4) is 0 Å². The maximum atomic E-state index is 13.8. The molecule has 8 bridgehead atoms. The number of hydrogen-bond acceptors (Lipinski definition) is 4. The van der Waals surface area contributed by atoms with Crippen molar-refractivity contribution in [1.82, 2.24) is 0 Å². The zero-order valence-corrected chi connectivity index (χ0v) is 50.6. The van der Waals surface area contributed by atoms with E-state index >= 15 is 0 Å². The number of unbranched alkanes of at least 4 members (excludes halogenated alkanes) is 8. The van der Waals surface area contributed by atoms with Gasteiger partial charge in [-0.15, -0.1) is 0 Å². The molecule has 74 heavy (non-hydrogen) atoms. The van der Waals surface area contributed by atoms with Gasteiger partial charge < -0.3 is 19.6 Å². The molecule has 0 N–H and O–H groups in total. The van der Waals surface area contributed by atoms with Gasteiger partial charge in [-0.3, -0.25) is 19.2 Å². The Balaban J connectivity index is 1.37. The second kappa shape index (κ2) is 36.7. The molecule has 0 saturated heterocycles. The fourth-order valence-electron chi connectivity index (χ4n) is 9.75. The number of benzene rings is 4. The van der Waals surface area contributed by atoms with E-state index in [9.17, 15) is 19.2 Å². The van der Waals surface area contributed by atoms with Gasteiger partial charge in [0.05, 0.1) is 0 Å². The third-order valence-corrected chi connectivity index (χ3v) is 16.4. The molecule has 0 radical (unpaired) electrons. The van der Waals surface area contributed by atoms with Gasteiger partial charge in [0.2, 0.25) is 23.6 Å². The molecule has 0 aromatic heterocycles. The summed E-state index contributed by atoms with van der Waals surface area (Å²) in [6, 6.07) is 34.0. The highest BCUT2D eigenvalue weighted by Crippen LogP contribution is 2.26. The molecule has 7 aliphatic rings. The van der Waals surface area contributed by atoms with E-state index in [-0.39, 0.29) is 23.6 Å². The highest BCUT2D eigenvalue weighted by Gasteiger charge is 2.20. The maximum absolute atomic E-state index is 13.8. The van der Waals surface area contributed by atoms with Crippen molar-refractivity contribution in [2.75, 3.05) is 67.1 Å². The average Bonchev–Trinajstić information content (AvgIpc) is 3.41. The van der Waals surface area contributed by atoms with Crippen LogP contribution in [0.1, 0.15) is 176 Å². The van der Waals surface area contributed by atoms with Crippen LogP contribution in [0.5, 0.6) is 0 Å². The Morgan fingerprint density at radius 1 is 0.284 bits per heavy atom. The first-order chi connectivity index (χ1) is 36.2. The predicted molar refractivity (Wildman–Crippen MR) is 327 cm³/mol. The van der Waals surface area contributed by atoms with Crippen LogP contribution in [-0.2, 0) is 32.0 Å². The number of halogens is 4. The summed E-state index contributed by atoms with van der Waals surface area (Å²) in [6.07, 6.45) is 22.9. The Labute approximate surface area is 479 Å². The summed E-state index contributed by atoms with van der Waals surface area (Å²) < 4.78 is 0.